The fraction of sp³-hybridized carbons (Fsp3) is 0.889. The van der Waals surface area contributed by atoms with E-state index in [2.05, 4.69) is 4.90 Å². The Bertz CT molecular complexity index is 159. The van der Waals surface area contributed by atoms with Gasteiger partial charge in [-0.3, -0.25) is 9.69 Å². The Kier molecular flexibility index (Phi) is 5.66. The number of likely N-dealkylation sites (N-methyl/N-ethyl adjacent to an activating group) is 2. The number of hydrogen-bond donors (Lipinski definition) is 1. The van der Waals surface area contributed by atoms with Gasteiger partial charge in [-0.1, -0.05) is 6.92 Å². The normalized spacial score (nSPS) is 13.7. The Labute approximate surface area is 80.7 Å². The number of nitrogens with two attached hydrogens (primary N) is 1. The maximum absolute atomic E-state index is 11.0. The minimum absolute atomic E-state index is 0.125. The first kappa shape index (κ1) is 12.4. The number of primary amides is 1. The van der Waals surface area contributed by atoms with Crippen molar-refractivity contribution in [3.8, 4) is 0 Å². The molecule has 0 aromatic rings. The number of rotatable bonds is 6. The van der Waals surface area contributed by atoms with Crippen LogP contribution in [0.5, 0.6) is 0 Å². The molecular weight excluding hydrogens is 166 g/mol. The van der Waals surface area contributed by atoms with Gasteiger partial charge in [0, 0.05) is 13.1 Å². The second-order valence-electron chi connectivity index (χ2n) is 3.61. The molecule has 0 aliphatic heterocycles. The fourth-order valence-electron chi connectivity index (χ4n) is 1.24. The van der Waals surface area contributed by atoms with Crippen molar-refractivity contribution in [3.63, 3.8) is 0 Å². The van der Waals surface area contributed by atoms with Crippen molar-refractivity contribution in [2.75, 3.05) is 34.2 Å². The molecule has 0 radical (unpaired) electrons. The van der Waals surface area contributed by atoms with E-state index >= 15 is 0 Å². The van der Waals surface area contributed by atoms with Crippen LogP contribution in [0.4, 0.5) is 0 Å². The van der Waals surface area contributed by atoms with Gasteiger partial charge in [0.25, 0.3) is 0 Å². The number of amides is 1. The van der Waals surface area contributed by atoms with Crippen molar-refractivity contribution in [1.82, 2.24) is 9.80 Å². The minimum Gasteiger partial charge on any atom is -0.368 e. The summed E-state index contributed by atoms with van der Waals surface area (Å²) in [5, 5.41) is 0. The molecule has 1 atom stereocenters. The minimum atomic E-state index is -0.233. The van der Waals surface area contributed by atoms with Gasteiger partial charge >= 0.3 is 0 Å². The van der Waals surface area contributed by atoms with Crippen molar-refractivity contribution < 1.29 is 4.79 Å². The van der Waals surface area contributed by atoms with E-state index in [0.29, 0.717) is 0 Å². The Morgan fingerprint density at radius 2 is 1.85 bits per heavy atom. The maximum atomic E-state index is 11.0. The number of carbonyl (C=O) groups is 1. The van der Waals surface area contributed by atoms with Crippen LogP contribution < -0.4 is 5.73 Å². The molecule has 0 saturated heterocycles. The molecule has 0 fully saturated rings. The first-order chi connectivity index (χ1) is 5.99. The van der Waals surface area contributed by atoms with E-state index in [9.17, 15) is 4.79 Å². The van der Waals surface area contributed by atoms with Crippen LogP contribution >= 0.6 is 0 Å². The first-order valence-electron chi connectivity index (χ1n) is 4.63. The summed E-state index contributed by atoms with van der Waals surface area (Å²) in [6.07, 6.45) is 0.777. The largest absolute Gasteiger partial charge is 0.368 e. The molecular formula is C9H21N3O. The number of hydrogen-bond acceptors (Lipinski definition) is 3. The molecule has 13 heavy (non-hydrogen) atoms. The molecule has 0 aromatic heterocycles. The zero-order valence-corrected chi connectivity index (χ0v) is 9.08. The molecule has 78 valence electrons. The summed E-state index contributed by atoms with van der Waals surface area (Å²) >= 11 is 0. The summed E-state index contributed by atoms with van der Waals surface area (Å²) < 4.78 is 0. The monoisotopic (exact) mass is 187 g/mol. The first-order valence-corrected chi connectivity index (χ1v) is 4.63. The van der Waals surface area contributed by atoms with E-state index in [1.807, 2.05) is 33.0 Å². The summed E-state index contributed by atoms with van der Waals surface area (Å²) in [5.74, 6) is -0.233. The van der Waals surface area contributed by atoms with E-state index in [0.717, 1.165) is 19.5 Å². The highest BCUT2D eigenvalue weighted by Gasteiger charge is 2.17. The summed E-state index contributed by atoms with van der Waals surface area (Å²) in [7, 11) is 5.96. The van der Waals surface area contributed by atoms with Gasteiger partial charge in [0.1, 0.15) is 0 Å². The summed E-state index contributed by atoms with van der Waals surface area (Å²) in [6.45, 7) is 3.79. The molecule has 0 saturated carbocycles. The Hall–Kier alpha value is -0.610. The second kappa shape index (κ2) is 5.94. The molecule has 4 heteroatoms. The Balaban J connectivity index is 3.91. The van der Waals surface area contributed by atoms with Crippen LogP contribution in [0.3, 0.4) is 0 Å². The van der Waals surface area contributed by atoms with Crippen LogP contribution in [0.25, 0.3) is 0 Å². The van der Waals surface area contributed by atoms with Crippen molar-refractivity contribution >= 4 is 5.91 Å². The lowest BCUT2D eigenvalue weighted by atomic mass is 10.2. The summed E-state index contributed by atoms with van der Waals surface area (Å²) in [6, 6.07) is -0.125. The predicted molar refractivity (Wildman–Crippen MR) is 54.5 cm³/mol. The highest BCUT2D eigenvalue weighted by atomic mass is 16.1. The molecule has 4 nitrogen and oxygen atoms in total. The van der Waals surface area contributed by atoms with Crippen LogP contribution in [0.2, 0.25) is 0 Å². The topological polar surface area (TPSA) is 49.6 Å². The van der Waals surface area contributed by atoms with Gasteiger partial charge < -0.3 is 10.6 Å². The van der Waals surface area contributed by atoms with Gasteiger partial charge in [0.15, 0.2) is 0 Å². The van der Waals surface area contributed by atoms with Crippen molar-refractivity contribution in [3.05, 3.63) is 0 Å². The lowest BCUT2D eigenvalue weighted by Crippen LogP contribution is -2.44. The lowest BCUT2D eigenvalue weighted by Gasteiger charge is -2.25. The quantitative estimate of drug-likeness (QED) is 0.623. The van der Waals surface area contributed by atoms with Gasteiger partial charge in [-0.25, -0.2) is 0 Å². The smallest absolute Gasteiger partial charge is 0.234 e. The third kappa shape index (κ3) is 4.85. The second-order valence-corrected chi connectivity index (χ2v) is 3.61. The highest BCUT2D eigenvalue weighted by molar-refractivity contribution is 5.79. The van der Waals surface area contributed by atoms with E-state index in [1.54, 1.807) is 0 Å². The van der Waals surface area contributed by atoms with Gasteiger partial charge in [-0.05, 0) is 27.6 Å². The molecule has 0 bridgehead atoms. The van der Waals surface area contributed by atoms with Crippen molar-refractivity contribution in [2.45, 2.75) is 19.4 Å². The molecule has 0 aliphatic carbocycles. The van der Waals surface area contributed by atoms with E-state index in [-0.39, 0.29) is 11.9 Å². The summed E-state index contributed by atoms with van der Waals surface area (Å²) in [4.78, 5) is 15.1. The third-order valence-corrected chi connectivity index (χ3v) is 2.15. The molecule has 0 spiro atoms. The van der Waals surface area contributed by atoms with Crippen LogP contribution in [0, 0.1) is 0 Å². The number of carbonyl (C=O) groups excluding carboxylic acids is 1. The predicted octanol–water partition coefficient (Wildman–Crippen LogP) is -0.256. The van der Waals surface area contributed by atoms with Gasteiger partial charge in [-0.2, -0.15) is 0 Å². The van der Waals surface area contributed by atoms with Crippen molar-refractivity contribution in [1.29, 1.82) is 0 Å². The third-order valence-electron chi connectivity index (χ3n) is 2.15. The van der Waals surface area contributed by atoms with E-state index in [1.165, 1.54) is 0 Å². The van der Waals surface area contributed by atoms with E-state index in [4.69, 9.17) is 5.73 Å². The average Bonchev–Trinajstić information content (AvgIpc) is 2.01. The molecule has 0 aliphatic rings. The van der Waals surface area contributed by atoms with E-state index < -0.39 is 0 Å². The Morgan fingerprint density at radius 1 is 1.31 bits per heavy atom. The lowest BCUT2D eigenvalue weighted by molar-refractivity contribution is -0.122. The number of nitrogens with zero attached hydrogens (tertiary/aromatic N) is 2. The molecule has 0 heterocycles. The zero-order chi connectivity index (χ0) is 10.4. The van der Waals surface area contributed by atoms with Gasteiger partial charge in [0.2, 0.25) is 5.91 Å². The SMILES string of the molecule is CCC(C(N)=O)N(C)CCN(C)C. The molecule has 0 aromatic carbocycles. The van der Waals surface area contributed by atoms with Crippen LogP contribution in [0.1, 0.15) is 13.3 Å². The average molecular weight is 187 g/mol. The summed E-state index contributed by atoms with van der Waals surface area (Å²) in [5.41, 5.74) is 5.26. The molecule has 0 rings (SSSR count). The van der Waals surface area contributed by atoms with Gasteiger partial charge in [-0.15, -0.1) is 0 Å². The van der Waals surface area contributed by atoms with Crippen LogP contribution in [-0.2, 0) is 4.79 Å². The van der Waals surface area contributed by atoms with Crippen LogP contribution in [0.15, 0.2) is 0 Å². The molecule has 1 unspecified atom stereocenters. The van der Waals surface area contributed by atoms with Crippen LogP contribution in [-0.4, -0.2) is 56.0 Å². The van der Waals surface area contributed by atoms with Crippen molar-refractivity contribution in [2.24, 2.45) is 5.73 Å². The molecule has 1 amide bonds. The zero-order valence-electron chi connectivity index (χ0n) is 9.08. The van der Waals surface area contributed by atoms with Gasteiger partial charge in [0.05, 0.1) is 6.04 Å². The standard InChI is InChI=1S/C9H21N3O/c1-5-8(9(10)13)12(4)7-6-11(2)3/h8H,5-7H2,1-4H3,(H2,10,13). The highest BCUT2D eigenvalue weighted by Crippen LogP contribution is 2.00. The molecule has 2 N–H and O–H groups in total. The Morgan fingerprint density at radius 3 is 2.15 bits per heavy atom. The fourth-order valence-corrected chi connectivity index (χ4v) is 1.24. The maximum Gasteiger partial charge on any atom is 0.234 e.